The SMILES string of the molecule is NC(Cc1c[nH]c2ccccc12)C(=O)O.[Mn]. The number of aromatic amines is 1. The molecule has 0 bridgehead atoms. The summed E-state index contributed by atoms with van der Waals surface area (Å²) in [5.41, 5.74) is 7.43. The van der Waals surface area contributed by atoms with E-state index in [0.717, 1.165) is 16.5 Å². The summed E-state index contributed by atoms with van der Waals surface area (Å²) in [6, 6.07) is 6.91. The Morgan fingerprint density at radius 2 is 2.12 bits per heavy atom. The van der Waals surface area contributed by atoms with Gasteiger partial charge in [0.25, 0.3) is 0 Å². The first kappa shape index (κ1) is 12.8. The van der Waals surface area contributed by atoms with E-state index in [4.69, 9.17) is 10.8 Å². The Kier molecular flexibility index (Phi) is 4.12. The molecule has 0 fully saturated rings. The summed E-state index contributed by atoms with van der Waals surface area (Å²) in [6.45, 7) is 0. The number of aliphatic carboxylic acids is 1. The van der Waals surface area contributed by atoms with Crippen molar-refractivity contribution in [2.75, 3.05) is 0 Å². The minimum Gasteiger partial charge on any atom is -0.480 e. The number of fused-ring (bicyclic) bond motifs is 1. The largest absolute Gasteiger partial charge is 0.480 e. The number of hydrogen-bond donors (Lipinski definition) is 3. The summed E-state index contributed by atoms with van der Waals surface area (Å²) < 4.78 is 0. The summed E-state index contributed by atoms with van der Waals surface area (Å²) >= 11 is 0. The number of carboxylic acids is 1. The molecule has 0 saturated heterocycles. The number of carbonyl (C=O) groups is 1. The molecule has 16 heavy (non-hydrogen) atoms. The van der Waals surface area contributed by atoms with E-state index in [1.54, 1.807) is 0 Å². The fourth-order valence-electron chi connectivity index (χ4n) is 1.62. The molecule has 0 spiro atoms. The summed E-state index contributed by atoms with van der Waals surface area (Å²) in [7, 11) is 0. The zero-order valence-electron chi connectivity index (χ0n) is 8.48. The summed E-state index contributed by atoms with van der Waals surface area (Å²) in [6.07, 6.45) is 2.16. The quantitative estimate of drug-likeness (QED) is 0.723. The van der Waals surface area contributed by atoms with Crippen molar-refractivity contribution in [1.82, 2.24) is 4.98 Å². The van der Waals surface area contributed by atoms with E-state index in [-0.39, 0.29) is 17.1 Å². The third kappa shape index (κ3) is 2.44. The van der Waals surface area contributed by atoms with Crippen LogP contribution in [0.25, 0.3) is 10.9 Å². The van der Waals surface area contributed by atoms with Gasteiger partial charge in [-0.05, 0) is 11.6 Å². The molecule has 2 rings (SSSR count). The molecule has 2 aromatic rings. The molecule has 0 amide bonds. The standard InChI is InChI=1S/C11H12N2O2.Mn/c12-9(11(14)15)5-7-6-13-10-4-2-1-3-8(7)10;/h1-4,6,9,13H,5,12H2,(H,14,15);. The Morgan fingerprint density at radius 3 is 2.81 bits per heavy atom. The molecule has 0 saturated carbocycles. The van der Waals surface area contributed by atoms with Crippen LogP contribution in [-0.2, 0) is 28.3 Å². The molecular weight excluding hydrogens is 247 g/mol. The Labute approximate surface area is 103 Å². The number of para-hydroxylation sites is 1. The zero-order chi connectivity index (χ0) is 10.8. The number of benzene rings is 1. The van der Waals surface area contributed by atoms with Gasteiger partial charge in [-0.2, -0.15) is 0 Å². The summed E-state index contributed by atoms with van der Waals surface area (Å²) in [5, 5.41) is 9.75. The van der Waals surface area contributed by atoms with Crippen LogP contribution < -0.4 is 5.73 Å². The van der Waals surface area contributed by atoms with Gasteiger partial charge in [-0.25, -0.2) is 0 Å². The molecule has 1 aromatic carbocycles. The van der Waals surface area contributed by atoms with Gasteiger partial charge in [0.15, 0.2) is 0 Å². The molecular formula is C11H12MnN2O2. The topological polar surface area (TPSA) is 79.1 Å². The van der Waals surface area contributed by atoms with E-state index in [1.165, 1.54) is 0 Å². The normalized spacial score (nSPS) is 12.1. The molecule has 1 atom stereocenters. The van der Waals surface area contributed by atoms with Crippen molar-refractivity contribution in [3.05, 3.63) is 36.0 Å². The first-order chi connectivity index (χ1) is 7.18. The second-order valence-corrected chi connectivity index (χ2v) is 3.51. The average molecular weight is 259 g/mol. The molecule has 1 radical (unpaired) electrons. The van der Waals surface area contributed by atoms with E-state index in [1.807, 2.05) is 30.5 Å². The Hall–Kier alpha value is -1.29. The van der Waals surface area contributed by atoms with Gasteiger partial charge in [0.2, 0.25) is 0 Å². The van der Waals surface area contributed by atoms with E-state index in [9.17, 15) is 4.79 Å². The first-order valence-electron chi connectivity index (χ1n) is 4.72. The van der Waals surface area contributed by atoms with Crippen molar-refractivity contribution < 1.29 is 27.0 Å². The number of carboxylic acid groups (broad SMARTS) is 1. The predicted molar refractivity (Wildman–Crippen MR) is 57.6 cm³/mol. The summed E-state index contributed by atoms with van der Waals surface area (Å²) in [5.74, 6) is -0.972. The van der Waals surface area contributed by atoms with Gasteiger partial charge in [-0.1, -0.05) is 18.2 Å². The Balaban J connectivity index is 0.00000128. The van der Waals surface area contributed by atoms with Crippen molar-refractivity contribution in [3.8, 4) is 0 Å². The number of aromatic nitrogens is 1. The second kappa shape index (κ2) is 5.16. The first-order valence-corrected chi connectivity index (χ1v) is 4.72. The number of nitrogens with two attached hydrogens (primary N) is 1. The van der Waals surface area contributed by atoms with Crippen molar-refractivity contribution in [2.24, 2.45) is 5.73 Å². The molecule has 5 heteroatoms. The zero-order valence-corrected chi connectivity index (χ0v) is 9.66. The fraction of sp³-hybridized carbons (Fsp3) is 0.182. The van der Waals surface area contributed by atoms with Crippen molar-refractivity contribution in [1.29, 1.82) is 0 Å². The molecule has 4 N–H and O–H groups in total. The van der Waals surface area contributed by atoms with Crippen LogP contribution in [-0.4, -0.2) is 22.1 Å². The Morgan fingerprint density at radius 1 is 1.44 bits per heavy atom. The summed E-state index contributed by atoms with van der Waals surface area (Å²) in [4.78, 5) is 13.7. The number of H-pyrrole nitrogens is 1. The van der Waals surface area contributed by atoms with Crippen LogP contribution in [0.3, 0.4) is 0 Å². The van der Waals surface area contributed by atoms with Gasteiger partial charge < -0.3 is 15.8 Å². The van der Waals surface area contributed by atoms with Crippen molar-refractivity contribution >= 4 is 16.9 Å². The van der Waals surface area contributed by atoms with Crippen LogP contribution in [0, 0.1) is 0 Å². The fourth-order valence-corrected chi connectivity index (χ4v) is 1.62. The number of nitrogens with one attached hydrogen (secondary N) is 1. The van der Waals surface area contributed by atoms with Gasteiger partial charge >= 0.3 is 5.97 Å². The number of hydrogen-bond acceptors (Lipinski definition) is 2. The van der Waals surface area contributed by atoms with Crippen LogP contribution in [0.15, 0.2) is 30.5 Å². The molecule has 85 valence electrons. The van der Waals surface area contributed by atoms with E-state index in [2.05, 4.69) is 4.98 Å². The van der Waals surface area contributed by atoms with Crippen LogP contribution >= 0.6 is 0 Å². The van der Waals surface area contributed by atoms with Crippen molar-refractivity contribution in [3.63, 3.8) is 0 Å². The molecule has 0 aliphatic rings. The molecule has 1 unspecified atom stereocenters. The van der Waals surface area contributed by atoms with Gasteiger partial charge in [0.05, 0.1) is 0 Å². The van der Waals surface area contributed by atoms with Gasteiger partial charge in [-0.3, -0.25) is 4.79 Å². The third-order valence-electron chi connectivity index (χ3n) is 2.43. The maximum absolute atomic E-state index is 10.6. The molecule has 1 aromatic heterocycles. The smallest absolute Gasteiger partial charge is 0.320 e. The molecule has 0 aliphatic heterocycles. The monoisotopic (exact) mass is 259 g/mol. The predicted octanol–water partition coefficient (Wildman–Crippen LogP) is 1.12. The molecule has 1 heterocycles. The molecule has 0 aliphatic carbocycles. The van der Waals surface area contributed by atoms with E-state index >= 15 is 0 Å². The minimum absolute atomic E-state index is 0. The van der Waals surface area contributed by atoms with Crippen LogP contribution in [0.2, 0.25) is 0 Å². The number of rotatable bonds is 3. The minimum atomic E-state index is -0.972. The van der Waals surface area contributed by atoms with Gasteiger partial charge in [-0.15, -0.1) is 0 Å². The Bertz CT molecular complexity index is 495. The van der Waals surface area contributed by atoms with Gasteiger partial charge in [0, 0.05) is 40.6 Å². The average Bonchev–Trinajstić information content (AvgIpc) is 2.62. The maximum Gasteiger partial charge on any atom is 0.320 e. The van der Waals surface area contributed by atoms with Crippen LogP contribution in [0.4, 0.5) is 0 Å². The van der Waals surface area contributed by atoms with Gasteiger partial charge in [0.1, 0.15) is 6.04 Å². The van der Waals surface area contributed by atoms with Crippen molar-refractivity contribution in [2.45, 2.75) is 12.5 Å². The van der Waals surface area contributed by atoms with Crippen LogP contribution in [0.5, 0.6) is 0 Å². The van der Waals surface area contributed by atoms with E-state index in [0.29, 0.717) is 6.42 Å². The third-order valence-corrected chi connectivity index (χ3v) is 2.43. The second-order valence-electron chi connectivity index (χ2n) is 3.51. The molecule has 4 nitrogen and oxygen atoms in total. The van der Waals surface area contributed by atoms with Crippen LogP contribution in [0.1, 0.15) is 5.56 Å². The van der Waals surface area contributed by atoms with E-state index < -0.39 is 12.0 Å². The maximum atomic E-state index is 10.6.